The van der Waals surface area contributed by atoms with Crippen LogP contribution in [-0.2, 0) is 5.41 Å². The summed E-state index contributed by atoms with van der Waals surface area (Å²) in [6.07, 6.45) is 0.729. The molecule has 3 heteroatoms. The van der Waals surface area contributed by atoms with E-state index in [1.165, 1.54) is 0 Å². The first-order valence-electron chi connectivity index (χ1n) is 6.56. The van der Waals surface area contributed by atoms with Crippen LogP contribution in [0.2, 0.25) is 0 Å². The summed E-state index contributed by atoms with van der Waals surface area (Å²) in [5.74, 6) is 1.56. The minimum absolute atomic E-state index is 0.0641. The Kier molecular flexibility index (Phi) is 5.48. The van der Waals surface area contributed by atoms with Crippen molar-refractivity contribution in [1.29, 1.82) is 0 Å². The summed E-state index contributed by atoms with van der Waals surface area (Å²) in [6.45, 7) is 9.58. The van der Waals surface area contributed by atoms with Crippen molar-refractivity contribution < 1.29 is 14.6 Å². The molecular formula is C15H24O3. The Morgan fingerprint density at radius 3 is 2.22 bits per heavy atom. The standard InChI is InChI=1S/C15H24O3/c1-5-17-13-8-7-12(11-14(13)18-6-2)15(3,4)9-10-16/h7-8,11,16H,5-6,9-10H2,1-4H3. The highest BCUT2D eigenvalue weighted by molar-refractivity contribution is 5.45. The number of hydrogen-bond acceptors (Lipinski definition) is 3. The summed E-state index contributed by atoms with van der Waals surface area (Å²) in [5.41, 5.74) is 1.09. The van der Waals surface area contributed by atoms with Gasteiger partial charge in [0.25, 0.3) is 0 Å². The Balaban J connectivity index is 3.05. The second kappa shape index (κ2) is 6.64. The van der Waals surface area contributed by atoms with Crippen LogP contribution in [0.3, 0.4) is 0 Å². The molecule has 0 aliphatic heterocycles. The van der Waals surface area contributed by atoms with E-state index in [2.05, 4.69) is 13.8 Å². The van der Waals surface area contributed by atoms with Gasteiger partial charge in [0.2, 0.25) is 0 Å². The maximum Gasteiger partial charge on any atom is 0.161 e. The zero-order valence-corrected chi connectivity index (χ0v) is 11.8. The van der Waals surface area contributed by atoms with Crippen molar-refractivity contribution >= 4 is 0 Å². The number of aliphatic hydroxyl groups excluding tert-OH is 1. The molecule has 1 aromatic carbocycles. The molecule has 102 valence electrons. The van der Waals surface area contributed by atoms with Crippen molar-refractivity contribution in [2.24, 2.45) is 0 Å². The SMILES string of the molecule is CCOc1ccc(C(C)(C)CCO)cc1OCC. The van der Waals surface area contributed by atoms with Crippen LogP contribution in [-0.4, -0.2) is 24.9 Å². The number of ether oxygens (including phenoxy) is 2. The molecule has 1 aromatic rings. The predicted molar refractivity (Wildman–Crippen MR) is 73.5 cm³/mol. The highest BCUT2D eigenvalue weighted by Gasteiger charge is 2.21. The van der Waals surface area contributed by atoms with Gasteiger partial charge in [0.15, 0.2) is 11.5 Å². The summed E-state index contributed by atoms with van der Waals surface area (Å²) < 4.78 is 11.2. The average Bonchev–Trinajstić information content (AvgIpc) is 2.31. The van der Waals surface area contributed by atoms with Crippen LogP contribution >= 0.6 is 0 Å². The quantitative estimate of drug-likeness (QED) is 0.810. The lowest BCUT2D eigenvalue weighted by molar-refractivity contribution is 0.251. The lowest BCUT2D eigenvalue weighted by Crippen LogP contribution is -2.19. The van der Waals surface area contributed by atoms with Gasteiger partial charge in [-0.1, -0.05) is 19.9 Å². The van der Waals surface area contributed by atoms with Gasteiger partial charge >= 0.3 is 0 Å². The third-order valence-electron chi connectivity index (χ3n) is 3.06. The average molecular weight is 252 g/mol. The zero-order chi connectivity index (χ0) is 13.6. The van der Waals surface area contributed by atoms with Gasteiger partial charge in [0.05, 0.1) is 13.2 Å². The normalized spacial score (nSPS) is 11.4. The molecule has 0 aliphatic rings. The first-order chi connectivity index (χ1) is 8.55. The van der Waals surface area contributed by atoms with Crippen LogP contribution < -0.4 is 9.47 Å². The fourth-order valence-corrected chi connectivity index (χ4v) is 1.90. The molecule has 0 spiro atoms. The van der Waals surface area contributed by atoms with Crippen molar-refractivity contribution in [1.82, 2.24) is 0 Å². The fourth-order valence-electron chi connectivity index (χ4n) is 1.90. The van der Waals surface area contributed by atoms with E-state index in [9.17, 15) is 0 Å². The van der Waals surface area contributed by atoms with Gasteiger partial charge in [-0.2, -0.15) is 0 Å². The highest BCUT2D eigenvalue weighted by atomic mass is 16.5. The van der Waals surface area contributed by atoms with E-state index in [0.717, 1.165) is 23.5 Å². The Morgan fingerprint density at radius 2 is 1.67 bits per heavy atom. The van der Waals surface area contributed by atoms with Crippen molar-refractivity contribution in [2.45, 2.75) is 39.5 Å². The molecule has 0 aromatic heterocycles. The van der Waals surface area contributed by atoms with E-state index in [0.29, 0.717) is 13.2 Å². The molecule has 1 N–H and O–H groups in total. The molecule has 1 rings (SSSR count). The van der Waals surface area contributed by atoms with Crippen LogP contribution in [0.1, 0.15) is 39.7 Å². The van der Waals surface area contributed by atoms with Gasteiger partial charge in [-0.25, -0.2) is 0 Å². The second-order valence-electron chi connectivity index (χ2n) is 4.89. The summed E-state index contributed by atoms with van der Waals surface area (Å²) in [5, 5.41) is 9.12. The molecule has 0 saturated heterocycles. The molecule has 0 bridgehead atoms. The van der Waals surface area contributed by atoms with Crippen molar-refractivity contribution in [2.75, 3.05) is 19.8 Å². The largest absolute Gasteiger partial charge is 0.490 e. The number of aliphatic hydroxyl groups is 1. The van der Waals surface area contributed by atoms with Crippen molar-refractivity contribution in [3.63, 3.8) is 0 Å². The second-order valence-corrected chi connectivity index (χ2v) is 4.89. The van der Waals surface area contributed by atoms with Crippen LogP contribution in [0, 0.1) is 0 Å². The summed E-state index contributed by atoms with van der Waals surface area (Å²) in [7, 11) is 0. The van der Waals surface area contributed by atoms with E-state index in [4.69, 9.17) is 14.6 Å². The van der Waals surface area contributed by atoms with E-state index >= 15 is 0 Å². The molecule has 0 saturated carbocycles. The molecule has 0 fully saturated rings. The van der Waals surface area contributed by atoms with Crippen LogP contribution in [0.4, 0.5) is 0 Å². The monoisotopic (exact) mass is 252 g/mol. The maximum absolute atomic E-state index is 9.12. The topological polar surface area (TPSA) is 38.7 Å². The number of benzene rings is 1. The number of rotatable bonds is 7. The lowest BCUT2D eigenvalue weighted by atomic mass is 9.82. The van der Waals surface area contributed by atoms with E-state index in [1.54, 1.807) is 0 Å². The lowest BCUT2D eigenvalue weighted by Gasteiger charge is -2.25. The fraction of sp³-hybridized carbons (Fsp3) is 0.600. The Bertz CT molecular complexity index is 372. The molecule has 3 nitrogen and oxygen atoms in total. The smallest absolute Gasteiger partial charge is 0.161 e. The van der Waals surface area contributed by atoms with Gasteiger partial charge in [-0.05, 0) is 43.4 Å². The van der Waals surface area contributed by atoms with Gasteiger partial charge < -0.3 is 14.6 Å². The highest BCUT2D eigenvalue weighted by Crippen LogP contribution is 2.35. The maximum atomic E-state index is 9.12. The van der Waals surface area contributed by atoms with Gasteiger partial charge in [0, 0.05) is 6.61 Å². The first-order valence-corrected chi connectivity index (χ1v) is 6.56. The van der Waals surface area contributed by atoms with Crippen molar-refractivity contribution in [3.05, 3.63) is 23.8 Å². The zero-order valence-electron chi connectivity index (χ0n) is 11.8. The third-order valence-corrected chi connectivity index (χ3v) is 3.06. The molecule has 0 heterocycles. The number of hydrogen-bond donors (Lipinski definition) is 1. The molecular weight excluding hydrogens is 228 g/mol. The molecule has 18 heavy (non-hydrogen) atoms. The van der Waals surface area contributed by atoms with E-state index in [-0.39, 0.29) is 12.0 Å². The van der Waals surface area contributed by atoms with E-state index < -0.39 is 0 Å². The minimum Gasteiger partial charge on any atom is -0.490 e. The first kappa shape index (κ1) is 14.8. The third kappa shape index (κ3) is 3.64. The summed E-state index contributed by atoms with van der Waals surface area (Å²) in [4.78, 5) is 0. The van der Waals surface area contributed by atoms with Crippen LogP contribution in [0.5, 0.6) is 11.5 Å². The summed E-state index contributed by atoms with van der Waals surface area (Å²) >= 11 is 0. The van der Waals surface area contributed by atoms with Gasteiger partial charge in [-0.3, -0.25) is 0 Å². The molecule has 0 atom stereocenters. The van der Waals surface area contributed by atoms with Gasteiger partial charge in [-0.15, -0.1) is 0 Å². The van der Waals surface area contributed by atoms with Crippen molar-refractivity contribution in [3.8, 4) is 11.5 Å². The van der Waals surface area contributed by atoms with E-state index in [1.807, 2.05) is 32.0 Å². The van der Waals surface area contributed by atoms with Gasteiger partial charge in [0.1, 0.15) is 0 Å². The molecule has 0 aliphatic carbocycles. The molecule has 0 radical (unpaired) electrons. The Morgan fingerprint density at radius 1 is 1.06 bits per heavy atom. The predicted octanol–water partition coefficient (Wildman–Crippen LogP) is 3.14. The minimum atomic E-state index is -0.0641. The Hall–Kier alpha value is -1.22. The molecule has 0 unspecified atom stereocenters. The van der Waals surface area contributed by atoms with Crippen LogP contribution in [0.25, 0.3) is 0 Å². The molecule has 0 amide bonds. The summed E-state index contributed by atoms with van der Waals surface area (Å²) in [6, 6.07) is 6.01. The van der Waals surface area contributed by atoms with Crippen LogP contribution in [0.15, 0.2) is 18.2 Å². The Labute approximate surface area is 110 Å².